The summed E-state index contributed by atoms with van der Waals surface area (Å²) >= 11 is 0. The molecule has 34 heavy (non-hydrogen) atoms. The van der Waals surface area contributed by atoms with Crippen LogP contribution >= 0.6 is 0 Å². The van der Waals surface area contributed by atoms with Gasteiger partial charge in [-0.3, -0.25) is 4.90 Å². The number of fused-ring (bicyclic) bond motifs is 1. The van der Waals surface area contributed by atoms with Gasteiger partial charge in [-0.1, -0.05) is 41.1 Å². The monoisotopic (exact) mass is 479 g/mol. The van der Waals surface area contributed by atoms with E-state index < -0.39 is 22.3 Å². The Morgan fingerprint density at radius 2 is 1.82 bits per heavy atom. The molecule has 1 aromatic heterocycles. The summed E-state index contributed by atoms with van der Waals surface area (Å²) < 4.78 is 35.8. The fourth-order valence-corrected chi connectivity index (χ4v) is 4.96. The zero-order valence-corrected chi connectivity index (χ0v) is 19.0. The molecular formula is C24H21N3O6S. The Morgan fingerprint density at radius 3 is 2.59 bits per heavy atom. The van der Waals surface area contributed by atoms with Crippen LogP contribution in [0.3, 0.4) is 0 Å². The zero-order chi connectivity index (χ0) is 23.9. The number of nitrogens with zero attached hydrogens (tertiary/aromatic N) is 3. The largest absolute Gasteiger partial charge is 0.465 e. The molecule has 9 nitrogen and oxygen atoms in total. The molecule has 0 saturated carbocycles. The van der Waals surface area contributed by atoms with Crippen molar-refractivity contribution in [2.75, 3.05) is 6.54 Å². The maximum atomic E-state index is 12.6. The lowest BCUT2D eigenvalue weighted by Gasteiger charge is -2.17. The van der Waals surface area contributed by atoms with Gasteiger partial charge in [-0.25, -0.2) is 4.79 Å². The molecule has 1 unspecified atom stereocenters. The van der Waals surface area contributed by atoms with Gasteiger partial charge in [-0.05, 0) is 60.9 Å². The molecule has 1 aliphatic rings. The molecular weight excluding hydrogens is 458 g/mol. The van der Waals surface area contributed by atoms with Gasteiger partial charge in [-0.15, -0.1) is 0 Å². The number of aromatic nitrogens is 2. The fraction of sp³-hybridized carbons (Fsp3) is 0.208. The number of likely N-dealkylation sites (tertiary alicyclic amines) is 1. The summed E-state index contributed by atoms with van der Waals surface area (Å²) in [6.07, 6.45) is 0.379. The molecule has 4 aromatic rings. The van der Waals surface area contributed by atoms with Crippen LogP contribution in [-0.4, -0.2) is 41.2 Å². The van der Waals surface area contributed by atoms with Gasteiger partial charge in [0.05, 0.1) is 0 Å². The number of hydrogen-bond donors (Lipinski definition) is 1. The van der Waals surface area contributed by atoms with E-state index in [2.05, 4.69) is 10.1 Å². The number of rotatable bonds is 5. The van der Waals surface area contributed by atoms with E-state index in [0.29, 0.717) is 24.4 Å². The van der Waals surface area contributed by atoms with Gasteiger partial charge in [0.15, 0.2) is 0 Å². The van der Waals surface area contributed by atoms with E-state index in [0.717, 1.165) is 22.8 Å². The van der Waals surface area contributed by atoms with E-state index in [1.165, 1.54) is 17.0 Å². The van der Waals surface area contributed by atoms with Gasteiger partial charge in [0, 0.05) is 12.1 Å². The van der Waals surface area contributed by atoms with E-state index in [9.17, 15) is 18.3 Å². The van der Waals surface area contributed by atoms with Gasteiger partial charge < -0.3 is 13.8 Å². The van der Waals surface area contributed by atoms with Gasteiger partial charge in [0.25, 0.3) is 0 Å². The van der Waals surface area contributed by atoms with Crippen LogP contribution in [0.15, 0.2) is 70.1 Å². The Hall–Kier alpha value is -3.92. The van der Waals surface area contributed by atoms with Crippen LogP contribution in [0.2, 0.25) is 0 Å². The molecule has 5 rings (SSSR count). The maximum Gasteiger partial charge on any atom is 0.407 e. The third-order valence-electron chi connectivity index (χ3n) is 5.81. The highest BCUT2D eigenvalue weighted by atomic mass is 32.2. The molecule has 174 valence electrons. The van der Waals surface area contributed by atoms with Crippen LogP contribution in [0.4, 0.5) is 4.79 Å². The standard InChI is InChI=1S/C24H21N3O6S/c1-15-4-10-20(11-5-15)34(30,31)33-19-9-8-16-13-18(7-6-17(16)14-19)22-25-23(32-26-22)21-3-2-12-27(21)24(28)29/h4-11,13-14,21H,2-3,12H2,1H3,(H,28,29). The SMILES string of the molecule is Cc1ccc(S(=O)(=O)Oc2ccc3cc(-c4noc(C5CCCN5C(=O)O)n4)ccc3c2)cc1. The van der Waals surface area contributed by atoms with Crippen molar-refractivity contribution in [1.82, 2.24) is 15.0 Å². The zero-order valence-electron chi connectivity index (χ0n) is 18.2. The van der Waals surface area contributed by atoms with E-state index in [-0.39, 0.29) is 16.5 Å². The summed E-state index contributed by atoms with van der Waals surface area (Å²) in [7, 11) is -3.94. The van der Waals surface area contributed by atoms with E-state index in [4.69, 9.17) is 8.71 Å². The molecule has 1 aliphatic heterocycles. The highest BCUT2D eigenvalue weighted by Crippen LogP contribution is 2.33. The Kier molecular flexibility index (Phi) is 5.45. The second-order valence-electron chi connectivity index (χ2n) is 8.16. The molecule has 0 aliphatic carbocycles. The van der Waals surface area contributed by atoms with E-state index in [1.54, 1.807) is 36.4 Å². The fourth-order valence-electron chi connectivity index (χ4n) is 4.03. The average molecular weight is 480 g/mol. The molecule has 10 heteroatoms. The van der Waals surface area contributed by atoms with Crippen molar-refractivity contribution in [1.29, 1.82) is 0 Å². The third kappa shape index (κ3) is 4.19. The Morgan fingerprint density at radius 1 is 1.09 bits per heavy atom. The lowest BCUT2D eigenvalue weighted by atomic mass is 10.1. The number of benzene rings is 3. The summed E-state index contributed by atoms with van der Waals surface area (Å²) in [5.41, 5.74) is 1.65. The number of hydrogen-bond acceptors (Lipinski definition) is 7. The molecule has 1 atom stereocenters. The highest BCUT2D eigenvalue weighted by molar-refractivity contribution is 7.87. The van der Waals surface area contributed by atoms with E-state index >= 15 is 0 Å². The molecule has 1 amide bonds. The quantitative estimate of drug-likeness (QED) is 0.406. The second-order valence-corrected chi connectivity index (χ2v) is 9.71. The van der Waals surface area contributed by atoms with Crippen molar-refractivity contribution in [3.63, 3.8) is 0 Å². The summed E-state index contributed by atoms with van der Waals surface area (Å²) in [6, 6.07) is 16.5. The van der Waals surface area contributed by atoms with Crippen LogP contribution in [0.1, 0.15) is 30.3 Å². The first-order chi connectivity index (χ1) is 16.3. The minimum absolute atomic E-state index is 0.0881. The maximum absolute atomic E-state index is 12.6. The smallest absolute Gasteiger partial charge is 0.407 e. The van der Waals surface area contributed by atoms with Gasteiger partial charge in [0.2, 0.25) is 11.7 Å². The summed E-state index contributed by atoms with van der Waals surface area (Å²) in [4.78, 5) is 17.2. The summed E-state index contributed by atoms with van der Waals surface area (Å²) in [5.74, 6) is 0.842. The minimum atomic E-state index is -3.94. The number of aryl methyl sites for hydroxylation is 1. The molecule has 2 heterocycles. The van der Waals surface area contributed by atoms with Crippen molar-refractivity contribution in [3.05, 3.63) is 72.1 Å². The first kappa shape index (κ1) is 21.9. The van der Waals surface area contributed by atoms with Crippen LogP contribution in [0.25, 0.3) is 22.2 Å². The normalized spacial score (nSPS) is 16.1. The number of carboxylic acid groups (broad SMARTS) is 1. The van der Waals surface area contributed by atoms with Crippen molar-refractivity contribution in [2.45, 2.75) is 30.7 Å². The lowest BCUT2D eigenvalue weighted by molar-refractivity contribution is 0.131. The first-order valence-electron chi connectivity index (χ1n) is 10.7. The molecule has 1 N–H and O–H groups in total. The van der Waals surface area contributed by atoms with Crippen molar-refractivity contribution in [2.24, 2.45) is 0 Å². The van der Waals surface area contributed by atoms with Crippen LogP contribution in [-0.2, 0) is 10.1 Å². The molecule has 0 bridgehead atoms. The van der Waals surface area contributed by atoms with Crippen molar-refractivity contribution >= 4 is 27.0 Å². The molecule has 3 aromatic carbocycles. The van der Waals surface area contributed by atoms with Crippen LogP contribution in [0.5, 0.6) is 5.75 Å². The van der Waals surface area contributed by atoms with Crippen molar-refractivity contribution in [3.8, 4) is 17.1 Å². The van der Waals surface area contributed by atoms with Crippen molar-refractivity contribution < 1.29 is 27.0 Å². The predicted molar refractivity (Wildman–Crippen MR) is 123 cm³/mol. The topological polar surface area (TPSA) is 123 Å². The number of amides is 1. The molecule has 1 fully saturated rings. The van der Waals surface area contributed by atoms with E-state index in [1.807, 2.05) is 19.1 Å². The van der Waals surface area contributed by atoms with Gasteiger partial charge in [0.1, 0.15) is 16.7 Å². The predicted octanol–water partition coefficient (Wildman–Crippen LogP) is 4.78. The Balaban J connectivity index is 1.38. The molecule has 0 spiro atoms. The average Bonchev–Trinajstić information content (AvgIpc) is 3.48. The Bertz CT molecular complexity index is 1480. The first-order valence-corrected chi connectivity index (χ1v) is 12.1. The third-order valence-corrected chi connectivity index (χ3v) is 7.07. The minimum Gasteiger partial charge on any atom is -0.465 e. The molecule has 0 radical (unpaired) electrons. The number of carbonyl (C=O) groups is 1. The lowest BCUT2D eigenvalue weighted by Crippen LogP contribution is -2.28. The van der Waals surface area contributed by atoms with Crippen LogP contribution in [0, 0.1) is 6.92 Å². The van der Waals surface area contributed by atoms with Gasteiger partial charge in [-0.2, -0.15) is 13.4 Å². The summed E-state index contributed by atoms with van der Waals surface area (Å²) in [5, 5.41) is 15.0. The molecule has 1 saturated heterocycles. The summed E-state index contributed by atoms with van der Waals surface area (Å²) in [6.45, 7) is 2.32. The Labute approximate surface area is 195 Å². The van der Waals surface area contributed by atoms with Gasteiger partial charge >= 0.3 is 16.2 Å². The second kappa shape index (κ2) is 8.45. The highest BCUT2D eigenvalue weighted by Gasteiger charge is 2.34. The van der Waals surface area contributed by atoms with Crippen LogP contribution < -0.4 is 4.18 Å².